The monoisotopic (exact) mass is 343 g/mol. The molecule has 1 fully saturated rings. The third-order valence-corrected chi connectivity index (χ3v) is 6.45. The molecule has 124 valence electrons. The van der Waals surface area contributed by atoms with Crippen molar-refractivity contribution in [2.24, 2.45) is 5.92 Å². The van der Waals surface area contributed by atoms with Gasteiger partial charge in [0, 0.05) is 17.9 Å². The number of fused-ring (bicyclic) bond motifs is 1. The summed E-state index contributed by atoms with van der Waals surface area (Å²) in [6, 6.07) is 6.26. The van der Waals surface area contributed by atoms with E-state index in [4.69, 9.17) is 0 Å². The lowest BCUT2D eigenvalue weighted by Gasteiger charge is -2.37. The van der Waals surface area contributed by atoms with Gasteiger partial charge >= 0.3 is 0 Å². The Balaban J connectivity index is 2.21. The molecule has 1 aliphatic heterocycles. The number of ketones is 1. The lowest BCUT2D eigenvalue weighted by Crippen LogP contribution is -2.50. The van der Waals surface area contributed by atoms with Crippen molar-refractivity contribution < 1.29 is 18.0 Å². The molecule has 0 N–H and O–H groups in total. The van der Waals surface area contributed by atoms with Crippen molar-refractivity contribution in [3.63, 3.8) is 0 Å². The van der Waals surface area contributed by atoms with Crippen molar-refractivity contribution in [1.29, 1.82) is 0 Å². The molecule has 1 amide bonds. The van der Waals surface area contributed by atoms with Gasteiger partial charge in [-0.3, -0.25) is 9.59 Å². The Labute approximate surface area is 141 Å². The van der Waals surface area contributed by atoms with E-state index in [9.17, 15) is 18.0 Å². The fourth-order valence-electron chi connectivity index (χ4n) is 3.27. The lowest BCUT2D eigenvalue weighted by atomic mass is 9.76. The predicted molar refractivity (Wildman–Crippen MR) is 89.5 cm³/mol. The molecule has 5 nitrogen and oxygen atoms in total. The predicted octanol–water partition coefficient (Wildman–Crippen LogP) is 2.15. The van der Waals surface area contributed by atoms with Crippen LogP contribution < -0.4 is 0 Å². The first kappa shape index (κ1) is 16.4. The molecule has 0 aromatic heterocycles. The molecule has 2 aliphatic rings. The highest BCUT2D eigenvalue weighted by Crippen LogP contribution is 2.47. The molecule has 1 saturated heterocycles. The van der Waals surface area contributed by atoms with E-state index in [1.165, 1.54) is 30.4 Å². The third kappa shape index (κ3) is 2.10. The summed E-state index contributed by atoms with van der Waals surface area (Å²) in [6.07, 6.45) is 4.19. The summed E-state index contributed by atoms with van der Waals surface area (Å²) in [7, 11) is -4.11. The van der Waals surface area contributed by atoms with Crippen LogP contribution in [0.15, 0.2) is 66.1 Å². The molecule has 0 radical (unpaired) electrons. The summed E-state index contributed by atoms with van der Waals surface area (Å²) in [5.41, 5.74) is -0.264. The lowest BCUT2D eigenvalue weighted by molar-refractivity contribution is -0.122. The largest absolute Gasteiger partial charge is 0.295 e. The van der Waals surface area contributed by atoms with Gasteiger partial charge in [0.15, 0.2) is 5.78 Å². The van der Waals surface area contributed by atoms with Crippen LogP contribution in [0.1, 0.15) is 12.0 Å². The third-order valence-electron chi connectivity index (χ3n) is 4.62. The van der Waals surface area contributed by atoms with E-state index in [1.807, 2.05) is 6.92 Å². The number of hydrogen-bond acceptors (Lipinski definition) is 4. The number of nitrogens with zero attached hydrogens (tertiary/aromatic N) is 1. The first-order valence-corrected chi connectivity index (χ1v) is 8.89. The maximum Gasteiger partial charge on any atom is 0.267 e. The second-order valence-electron chi connectivity index (χ2n) is 6.06. The van der Waals surface area contributed by atoms with E-state index < -0.39 is 27.4 Å². The molecule has 0 saturated carbocycles. The Morgan fingerprint density at radius 2 is 1.88 bits per heavy atom. The van der Waals surface area contributed by atoms with Crippen LogP contribution >= 0.6 is 0 Å². The Hall–Kier alpha value is -2.47. The van der Waals surface area contributed by atoms with Gasteiger partial charge in [0.1, 0.15) is 5.54 Å². The highest BCUT2D eigenvalue weighted by Gasteiger charge is 2.58. The Kier molecular flexibility index (Phi) is 3.60. The molecule has 3 rings (SSSR count). The molecule has 1 aromatic carbocycles. The number of carbonyl (C=O) groups excluding carboxylic acids is 2. The van der Waals surface area contributed by atoms with Crippen molar-refractivity contribution in [3.8, 4) is 0 Å². The summed E-state index contributed by atoms with van der Waals surface area (Å²) in [4.78, 5) is 24.4. The molecular formula is C18H17NO4S. The van der Waals surface area contributed by atoms with Crippen LogP contribution in [0.3, 0.4) is 0 Å². The van der Waals surface area contributed by atoms with Crippen LogP contribution in [-0.4, -0.2) is 30.0 Å². The second-order valence-corrected chi connectivity index (χ2v) is 7.85. The van der Waals surface area contributed by atoms with E-state index in [1.54, 1.807) is 12.1 Å². The zero-order valence-corrected chi connectivity index (χ0v) is 14.0. The van der Waals surface area contributed by atoms with Gasteiger partial charge in [0.2, 0.25) is 0 Å². The molecule has 0 spiro atoms. The minimum atomic E-state index is -4.11. The highest BCUT2D eigenvalue weighted by molar-refractivity contribution is 7.89. The van der Waals surface area contributed by atoms with Crippen molar-refractivity contribution in [2.75, 3.05) is 0 Å². The zero-order chi connectivity index (χ0) is 17.7. The molecule has 1 aliphatic carbocycles. The summed E-state index contributed by atoms with van der Waals surface area (Å²) in [5, 5.41) is 0. The van der Waals surface area contributed by atoms with Gasteiger partial charge in [0.25, 0.3) is 15.9 Å². The summed E-state index contributed by atoms with van der Waals surface area (Å²) < 4.78 is 27.0. The maximum absolute atomic E-state index is 13.1. The molecule has 24 heavy (non-hydrogen) atoms. The van der Waals surface area contributed by atoms with Crippen molar-refractivity contribution >= 4 is 21.7 Å². The van der Waals surface area contributed by atoms with Crippen molar-refractivity contribution in [3.05, 3.63) is 66.8 Å². The second kappa shape index (κ2) is 5.27. The number of amides is 1. The van der Waals surface area contributed by atoms with Crippen LogP contribution in [-0.2, 0) is 19.6 Å². The number of hydrogen-bond donors (Lipinski definition) is 0. The van der Waals surface area contributed by atoms with E-state index in [0.717, 1.165) is 9.87 Å². The standard InChI is InChI=1S/C18H17NO4S/c1-4-18-10-9-14(20)11-16(18)13(3)17(21)19(18)24(22,23)15-7-5-12(2)6-8-15/h4-10,16H,1,3,11H2,2H3/t16?,18-/m1/s1. The molecule has 1 unspecified atom stereocenters. The Morgan fingerprint density at radius 3 is 2.46 bits per heavy atom. The fraction of sp³-hybridized carbons (Fsp3) is 0.222. The van der Waals surface area contributed by atoms with Crippen LogP contribution in [0.4, 0.5) is 0 Å². The molecule has 6 heteroatoms. The quantitative estimate of drug-likeness (QED) is 0.623. The summed E-state index contributed by atoms with van der Waals surface area (Å²) in [6.45, 7) is 9.29. The summed E-state index contributed by atoms with van der Waals surface area (Å²) >= 11 is 0. The number of allylic oxidation sites excluding steroid dienone is 1. The number of aryl methyl sites for hydroxylation is 1. The van der Waals surface area contributed by atoms with E-state index in [-0.39, 0.29) is 22.7 Å². The van der Waals surface area contributed by atoms with Gasteiger partial charge in [-0.1, -0.05) is 30.4 Å². The molecular weight excluding hydrogens is 326 g/mol. The van der Waals surface area contributed by atoms with E-state index >= 15 is 0 Å². The van der Waals surface area contributed by atoms with Crippen LogP contribution in [0.2, 0.25) is 0 Å². The summed E-state index contributed by atoms with van der Waals surface area (Å²) in [5.74, 6) is -1.49. The van der Waals surface area contributed by atoms with E-state index in [0.29, 0.717) is 0 Å². The Bertz CT molecular complexity index is 895. The average Bonchev–Trinajstić information content (AvgIpc) is 2.77. The zero-order valence-electron chi connectivity index (χ0n) is 13.2. The first-order valence-electron chi connectivity index (χ1n) is 7.45. The highest BCUT2D eigenvalue weighted by atomic mass is 32.2. The van der Waals surface area contributed by atoms with Crippen LogP contribution in [0, 0.1) is 12.8 Å². The number of benzene rings is 1. The average molecular weight is 343 g/mol. The topological polar surface area (TPSA) is 71.5 Å². The van der Waals surface area contributed by atoms with Gasteiger partial charge in [-0.15, -0.1) is 6.58 Å². The van der Waals surface area contributed by atoms with Gasteiger partial charge in [-0.25, -0.2) is 12.7 Å². The minimum Gasteiger partial charge on any atom is -0.295 e. The SMILES string of the molecule is C=C[C@@]12C=CC(=O)CC1C(=C)C(=O)N2S(=O)(=O)c1ccc(C)cc1. The van der Waals surface area contributed by atoms with Crippen molar-refractivity contribution in [1.82, 2.24) is 4.31 Å². The number of rotatable bonds is 3. The smallest absolute Gasteiger partial charge is 0.267 e. The van der Waals surface area contributed by atoms with Gasteiger partial charge < -0.3 is 0 Å². The van der Waals surface area contributed by atoms with Gasteiger partial charge in [-0.2, -0.15) is 0 Å². The van der Waals surface area contributed by atoms with E-state index in [2.05, 4.69) is 13.2 Å². The Morgan fingerprint density at radius 1 is 1.25 bits per heavy atom. The van der Waals surface area contributed by atoms with Crippen LogP contribution in [0.25, 0.3) is 0 Å². The maximum atomic E-state index is 13.1. The molecule has 0 bridgehead atoms. The molecule has 1 heterocycles. The molecule has 2 atom stereocenters. The minimum absolute atomic E-state index is 0.0152. The number of sulfonamides is 1. The fourth-order valence-corrected chi connectivity index (χ4v) is 4.97. The van der Waals surface area contributed by atoms with Crippen LogP contribution in [0.5, 0.6) is 0 Å². The number of carbonyl (C=O) groups is 2. The molecule has 1 aromatic rings. The van der Waals surface area contributed by atoms with Gasteiger partial charge in [-0.05, 0) is 31.2 Å². The first-order chi connectivity index (χ1) is 11.2. The van der Waals surface area contributed by atoms with Gasteiger partial charge in [0.05, 0.1) is 4.90 Å². The normalized spacial score (nSPS) is 26.6. The van der Waals surface area contributed by atoms with Crippen molar-refractivity contribution in [2.45, 2.75) is 23.8 Å².